The Bertz CT molecular complexity index is 354. The lowest BCUT2D eigenvalue weighted by Crippen LogP contribution is -2.16. The van der Waals surface area contributed by atoms with E-state index in [0.717, 1.165) is 0 Å². The molecule has 0 amide bonds. The Morgan fingerprint density at radius 2 is 1.13 bits per heavy atom. The van der Waals surface area contributed by atoms with Gasteiger partial charge in [0.1, 0.15) is 13.2 Å². The first-order valence-electron chi connectivity index (χ1n) is 7.52. The summed E-state index contributed by atoms with van der Waals surface area (Å²) in [6.45, 7) is 7.66. The van der Waals surface area contributed by atoms with Crippen molar-refractivity contribution in [3.05, 3.63) is 24.3 Å². The van der Waals surface area contributed by atoms with Gasteiger partial charge in [0, 0.05) is 24.4 Å². The molecule has 7 heteroatoms. The second-order valence-electron chi connectivity index (χ2n) is 4.75. The average Bonchev–Trinajstić information content (AvgIpc) is 2.55. The molecular formula is C16H26O7. The van der Waals surface area contributed by atoms with E-state index in [9.17, 15) is 9.59 Å². The van der Waals surface area contributed by atoms with Crippen molar-refractivity contribution in [3.8, 4) is 0 Å². The van der Waals surface area contributed by atoms with Gasteiger partial charge in [-0.3, -0.25) is 0 Å². The normalized spacial score (nSPS) is 10.2. The van der Waals surface area contributed by atoms with Crippen LogP contribution >= 0.6 is 0 Å². The predicted octanol–water partition coefficient (Wildman–Crippen LogP) is 0.747. The van der Waals surface area contributed by atoms with Crippen LogP contribution in [0.4, 0.5) is 0 Å². The summed E-state index contributed by atoms with van der Waals surface area (Å²) in [6, 6.07) is 0. The minimum Gasteiger partial charge on any atom is -0.460 e. The molecule has 0 aromatic carbocycles. The Kier molecular flexibility index (Phi) is 12.9. The van der Waals surface area contributed by atoms with E-state index in [1.165, 1.54) is 0 Å². The maximum absolute atomic E-state index is 11.4. The van der Waals surface area contributed by atoms with Crippen molar-refractivity contribution in [3.63, 3.8) is 0 Å². The second-order valence-corrected chi connectivity index (χ2v) is 4.75. The third kappa shape index (κ3) is 11.5. The van der Waals surface area contributed by atoms with Crippen LogP contribution in [0.1, 0.15) is 25.7 Å². The molecule has 0 unspecified atom stereocenters. The second kappa shape index (κ2) is 13.9. The van der Waals surface area contributed by atoms with Gasteiger partial charge in [0.25, 0.3) is 0 Å². The third-order valence-corrected chi connectivity index (χ3v) is 2.77. The van der Waals surface area contributed by atoms with Crippen LogP contribution < -0.4 is 0 Å². The Morgan fingerprint density at radius 1 is 0.739 bits per heavy atom. The first-order valence-corrected chi connectivity index (χ1v) is 7.52. The molecule has 0 saturated carbocycles. The molecule has 2 N–H and O–H groups in total. The summed E-state index contributed by atoms with van der Waals surface area (Å²) in [5, 5.41) is 17.3. The molecule has 0 radical (unpaired) electrons. The predicted molar refractivity (Wildman–Crippen MR) is 83.7 cm³/mol. The van der Waals surface area contributed by atoms with Crippen LogP contribution in [0.25, 0.3) is 0 Å². The molecule has 0 saturated heterocycles. The van der Waals surface area contributed by atoms with Crippen LogP contribution in [0.3, 0.4) is 0 Å². The SMILES string of the molecule is C=C(CCCO)C(=O)OCCOCCOC(=O)C(=C)CCCO. The standard InChI is InChI=1S/C16H26O7/c1-13(5-3-7-17)15(19)22-11-9-21-10-12-23-16(20)14(2)6-4-8-18/h17-18H,1-12H2. The van der Waals surface area contributed by atoms with Gasteiger partial charge >= 0.3 is 11.9 Å². The van der Waals surface area contributed by atoms with Gasteiger partial charge in [-0.05, 0) is 25.7 Å². The number of hydrogen-bond donors (Lipinski definition) is 2. The van der Waals surface area contributed by atoms with E-state index in [1.807, 2.05) is 0 Å². The van der Waals surface area contributed by atoms with Gasteiger partial charge in [0.15, 0.2) is 0 Å². The Balaban J connectivity index is 3.55. The molecule has 7 nitrogen and oxygen atoms in total. The summed E-state index contributed by atoms with van der Waals surface area (Å²) in [7, 11) is 0. The lowest BCUT2D eigenvalue weighted by atomic mass is 10.2. The van der Waals surface area contributed by atoms with E-state index in [4.69, 9.17) is 24.4 Å². The maximum Gasteiger partial charge on any atom is 0.333 e. The molecule has 0 aromatic heterocycles. The van der Waals surface area contributed by atoms with Crippen molar-refractivity contribution in [1.29, 1.82) is 0 Å². The molecular weight excluding hydrogens is 304 g/mol. The molecule has 132 valence electrons. The summed E-state index contributed by atoms with van der Waals surface area (Å²) in [4.78, 5) is 22.9. The lowest BCUT2D eigenvalue weighted by molar-refractivity contribution is -0.142. The van der Waals surface area contributed by atoms with E-state index in [1.54, 1.807) is 0 Å². The Hall–Kier alpha value is -1.70. The summed E-state index contributed by atoms with van der Waals surface area (Å²) < 4.78 is 15.0. The fraction of sp³-hybridized carbons (Fsp3) is 0.625. The monoisotopic (exact) mass is 330 g/mol. The lowest BCUT2D eigenvalue weighted by Gasteiger charge is -2.08. The zero-order valence-electron chi connectivity index (χ0n) is 13.4. The van der Waals surface area contributed by atoms with Crippen LogP contribution in [0.15, 0.2) is 24.3 Å². The number of aliphatic hydroxyl groups excluding tert-OH is 2. The van der Waals surface area contributed by atoms with Crippen molar-refractivity contribution < 1.29 is 34.0 Å². The minimum atomic E-state index is -0.506. The highest BCUT2D eigenvalue weighted by Gasteiger charge is 2.09. The van der Waals surface area contributed by atoms with Crippen LogP contribution in [-0.2, 0) is 23.8 Å². The van der Waals surface area contributed by atoms with Gasteiger partial charge in [-0.15, -0.1) is 0 Å². The Labute approximate surface area is 136 Å². The smallest absolute Gasteiger partial charge is 0.333 e. The van der Waals surface area contributed by atoms with E-state index < -0.39 is 11.9 Å². The van der Waals surface area contributed by atoms with Crippen LogP contribution in [0.2, 0.25) is 0 Å². The minimum absolute atomic E-state index is 0.000550. The first kappa shape index (κ1) is 21.3. The van der Waals surface area contributed by atoms with Gasteiger partial charge in [-0.2, -0.15) is 0 Å². The highest BCUT2D eigenvalue weighted by atomic mass is 16.6. The summed E-state index contributed by atoms with van der Waals surface area (Å²) >= 11 is 0. The zero-order chi connectivity index (χ0) is 17.5. The van der Waals surface area contributed by atoms with Crippen LogP contribution in [0, 0.1) is 0 Å². The molecule has 0 atom stereocenters. The quantitative estimate of drug-likeness (QED) is 0.275. The van der Waals surface area contributed by atoms with Crippen molar-refractivity contribution in [2.24, 2.45) is 0 Å². The number of aliphatic hydroxyl groups is 2. The van der Waals surface area contributed by atoms with Gasteiger partial charge in [0.05, 0.1) is 13.2 Å². The Morgan fingerprint density at radius 3 is 1.48 bits per heavy atom. The number of carbonyl (C=O) groups is 2. The number of rotatable bonds is 14. The number of ether oxygens (including phenoxy) is 3. The number of esters is 2. The number of carbonyl (C=O) groups excluding carboxylic acids is 2. The molecule has 0 aromatic rings. The molecule has 0 spiro atoms. The molecule has 0 fully saturated rings. The van der Waals surface area contributed by atoms with Crippen molar-refractivity contribution in [2.45, 2.75) is 25.7 Å². The first-order chi connectivity index (χ1) is 11.0. The topological polar surface area (TPSA) is 102 Å². The molecule has 0 aliphatic carbocycles. The molecule has 0 bridgehead atoms. The fourth-order valence-corrected chi connectivity index (χ4v) is 1.48. The fourth-order valence-electron chi connectivity index (χ4n) is 1.48. The largest absolute Gasteiger partial charge is 0.460 e. The average molecular weight is 330 g/mol. The van der Waals surface area contributed by atoms with Gasteiger partial charge < -0.3 is 24.4 Å². The summed E-state index contributed by atoms with van der Waals surface area (Å²) in [5.74, 6) is -1.01. The molecule has 0 aliphatic heterocycles. The number of hydrogen-bond acceptors (Lipinski definition) is 7. The molecule has 0 heterocycles. The summed E-state index contributed by atoms with van der Waals surface area (Å²) in [6.07, 6.45) is 1.73. The van der Waals surface area contributed by atoms with E-state index in [0.29, 0.717) is 36.8 Å². The van der Waals surface area contributed by atoms with Crippen LogP contribution in [0.5, 0.6) is 0 Å². The molecule has 0 rings (SSSR count). The maximum atomic E-state index is 11.4. The van der Waals surface area contributed by atoms with E-state index in [2.05, 4.69) is 13.2 Å². The van der Waals surface area contributed by atoms with E-state index >= 15 is 0 Å². The highest BCUT2D eigenvalue weighted by molar-refractivity contribution is 5.88. The van der Waals surface area contributed by atoms with Crippen molar-refractivity contribution in [1.82, 2.24) is 0 Å². The van der Waals surface area contributed by atoms with Crippen LogP contribution in [-0.4, -0.2) is 61.8 Å². The van der Waals surface area contributed by atoms with Gasteiger partial charge in [-0.25, -0.2) is 9.59 Å². The van der Waals surface area contributed by atoms with Gasteiger partial charge in [-0.1, -0.05) is 13.2 Å². The molecule has 23 heavy (non-hydrogen) atoms. The third-order valence-electron chi connectivity index (χ3n) is 2.77. The molecule has 0 aliphatic rings. The van der Waals surface area contributed by atoms with E-state index in [-0.39, 0.29) is 39.6 Å². The van der Waals surface area contributed by atoms with Gasteiger partial charge in [0.2, 0.25) is 0 Å². The van der Waals surface area contributed by atoms with Crippen molar-refractivity contribution in [2.75, 3.05) is 39.6 Å². The zero-order valence-corrected chi connectivity index (χ0v) is 13.4. The highest BCUT2D eigenvalue weighted by Crippen LogP contribution is 2.05. The van der Waals surface area contributed by atoms with Crippen molar-refractivity contribution >= 4 is 11.9 Å². The summed E-state index contributed by atoms with van der Waals surface area (Å²) in [5.41, 5.74) is 0.628.